The molecule has 56 valence electrons. The summed E-state index contributed by atoms with van der Waals surface area (Å²) in [5, 5.41) is 10.4. The van der Waals surface area contributed by atoms with Gasteiger partial charge in [-0.3, -0.25) is 0 Å². The van der Waals surface area contributed by atoms with E-state index in [1.165, 1.54) is 12.1 Å². The summed E-state index contributed by atoms with van der Waals surface area (Å²) in [7, 11) is 0. The molecule has 0 fully saturated rings. The molecular formula is C9H7NaO2. The quantitative estimate of drug-likeness (QED) is 0.468. The van der Waals surface area contributed by atoms with E-state index in [0.717, 1.165) is 0 Å². The summed E-state index contributed by atoms with van der Waals surface area (Å²) in [6.07, 6.45) is 1.49. The van der Waals surface area contributed by atoms with Gasteiger partial charge in [-0.1, -0.05) is 36.9 Å². The number of hydrogen-bond acceptors (Lipinski definition) is 2. The maximum Gasteiger partial charge on any atom is 1.00 e. The zero-order valence-electron chi connectivity index (χ0n) is 6.91. The van der Waals surface area contributed by atoms with Crippen LogP contribution in [-0.4, -0.2) is 5.97 Å². The van der Waals surface area contributed by atoms with Crippen LogP contribution in [0.15, 0.2) is 30.8 Å². The molecule has 3 heteroatoms. The summed E-state index contributed by atoms with van der Waals surface area (Å²) in [5.74, 6) is -1.17. The number of carbonyl (C=O) groups is 1. The van der Waals surface area contributed by atoms with Crippen molar-refractivity contribution in [3.63, 3.8) is 0 Å². The topological polar surface area (TPSA) is 40.1 Å². The molecule has 1 aromatic rings. The van der Waals surface area contributed by atoms with Crippen molar-refractivity contribution in [3.05, 3.63) is 42.0 Å². The molecule has 0 N–H and O–H groups in total. The normalized spacial score (nSPS) is 8.33. The van der Waals surface area contributed by atoms with E-state index in [-0.39, 0.29) is 35.1 Å². The fourth-order valence-corrected chi connectivity index (χ4v) is 0.861. The van der Waals surface area contributed by atoms with Crippen molar-refractivity contribution in [3.8, 4) is 0 Å². The largest absolute Gasteiger partial charge is 1.00 e. The smallest absolute Gasteiger partial charge is 0.545 e. The summed E-state index contributed by atoms with van der Waals surface area (Å²) in [6, 6.07) is 6.58. The second kappa shape index (κ2) is 5.14. The summed E-state index contributed by atoms with van der Waals surface area (Å²) < 4.78 is 0. The van der Waals surface area contributed by atoms with Crippen molar-refractivity contribution < 1.29 is 39.5 Å². The summed E-state index contributed by atoms with van der Waals surface area (Å²) >= 11 is 0. The first kappa shape index (κ1) is 11.4. The first-order valence-corrected chi connectivity index (χ1v) is 3.18. The predicted octanol–water partition coefficient (Wildman–Crippen LogP) is -2.30. The van der Waals surface area contributed by atoms with Crippen molar-refractivity contribution in [1.29, 1.82) is 0 Å². The molecule has 0 unspecified atom stereocenters. The average molecular weight is 170 g/mol. The van der Waals surface area contributed by atoms with Crippen LogP contribution in [0, 0.1) is 0 Å². The second-order valence-electron chi connectivity index (χ2n) is 2.08. The van der Waals surface area contributed by atoms with Gasteiger partial charge in [-0.15, -0.1) is 0 Å². The van der Waals surface area contributed by atoms with Gasteiger partial charge in [-0.25, -0.2) is 0 Å². The number of carboxylic acids is 1. The van der Waals surface area contributed by atoms with Gasteiger partial charge in [-0.05, 0) is 5.56 Å². The molecule has 0 aliphatic carbocycles. The molecule has 1 aromatic carbocycles. The van der Waals surface area contributed by atoms with E-state index >= 15 is 0 Å². The van der Waals surface area contributed by atoms with E-state index in [4.69, 9.17) is 0 Å². The van der Waals surface area contributed by atoms with Crippen molar-refractivity contribution in [1.82, 2.24) is 0 Å². The fraction of sp³-hybridized carbons (Fsp3) is 0. The van der Waals surface area contributed by atoms with E-state index < -0.39 is 5.97 Å². The van der Waals surface area contributed by atoms with Gasteiger partial charge in [-0.2, -0.15) is 0 Å². The Morgan fingerprint density at radius 3 is 2.42 bits per heavy atom. The standard InChI is InChI=1S/C9H8O2.Na/c1-2-7-5-3-4-6-8(7)9(10)11;/h2-6H,1H2,(H,10,11);/q;+1/p-1. The van der Waals surface area contributed by atoms with E-state index in [1.807, 2.05) is 0 Å². The summed E-state index contributed by atoms with van der Waals surface area (Å²) in [5.41, 5.74) is 0.773. The molecule has 12 heavy (non-hydrogen) atoms. The maximum atomic E-state index is 10.4. The molecule has 1 rings (SSSR count). The number of benzene rings is 1. The fourth-order valence-electron chi connectivity index (χ4n) is 0.861. The molecular weight excluding hydrogens is 163 g/mol. The molecule has 0 spiro atoms. The minimum absolute atomic E-state index is 0. The Bertz CT molecular complexity index is 294. The van der Waals surface area contributed by atoms with Crippen LogP contribution < -0.4 is 34.7 Å². The molecule has 0 saturated carbocycles. The van der Waals surface area contributed by atoms with Crippen molar-refractivity contribution in [2.24, 2.45) is 0 Å². The zero-order valence-corrected chi connectivity index (χ0v) is 8.91. The van der Waals surface area contributed by atoms with Gasteiger partial charge in [0.1, 0.15) is 0 Å². The van der Waals surface area contributed by atoms with Gasteiger partial charge in [0.05, 0.1) is 5.97 Å². The predicted molar refractivity (Wildman–Crippen MR) is 40.9 cm³/mol. The molecule has 0 aliphatic rings. The zero-order chi connectivity index (χ0) is 8.27. The minimum Gasteiger partial charge on any atom is -0.545 e. The Morgan fingerprint density at radius 1 is 1.42 bits per heavy atom. The van der Waals surface area contributed by atoms with Crippen molar-refractivity contribution in [2.45, 2.75) is 0 Å². The molecule has 0 saturated heterocycles. The van der Waals surface area contributed by atoms with E-state index in [0.29, 0.717) is 5.56 Å². The van der Waals surface area contributed by atoms with Gasteiger partial charge < -0.3 is 9.90 Å². The van der Waals surface area contributed by atoms with Crippen LogP contribution in [0.1, 0.15) is 15.9 Å². The van der Waals surface area contributed by atoms with Crippen LogP contribution in [0.3, 0.4) is 0 Å². The molecule has 0 bridgehead atoms. The molecule has 2 nitrogen and oxygen atoms in total. The van der Waals surface area contributed by atoms with E-state index in [2.05, 4.69) is 6.58 Å². The third kappa shape index (κ3) is 2.48. The molecule has 0 aliphatic heterocycles. The Balaban J connectivity index is 0.00000121. The minimum atomic E-state index is -1.17. The second-order valence-corrected chi connectivity index (χ2v) is 2.08. The summed E-state index contributed by atoms with van der Waals surface area (Å²) in [6.45, 7) is 3.48. The van der Waals surface area contributed by atoms with Crippen molar-refractivity contribution >= 4 is 12.0 Å². The van der Waals surface area contributed by atoms with Crippen LogP contribution in [-0.2, 0) is 0 Å². The molecule has 0 amide bonds. The third-order valence-electron chi connectivity index (χ3n) is 1.40. The Hall–Kier alpha value is -0.570. The number of carboxylic acid groups (broad SMARTS) is 1. The van der Waals surface area contributed by atoms with Gasteiger partial charge in [0.2, 0.25) is 0 Å². The third-order valence-corrected chi connectivity index (χ3v) is 1.40. The van der Waals surface area contributed by atoms with Crippen LogP contribution in [0.5, 0.6) is 0 Å². The Kier molecular flexibility index (Phi) is 4.90. The number of carbonyl (C=O) groups excluding carboxylic acids is 1. The number of aromatic carboxylic acids is 1. The molecule has 0 heterocycles. The first-order chi connectivity index (χ1) is 5.25. The van der Waals surface area contributed by atoms with Gasteiger partial charge in [0.25, 0.3) is 0 Å². The first-order valence-electron chi connectivity index (χ1n) is 3.18. The van der Waals surface area contributed by atoms with Gasteiger partial charge in [0.15, 0.2) is 0 Å². The molecule has 0 atom stereocenters. The molecule has 0 aromatic heterocycles. The van der Waals surface area contributed by atoms with Gasteiger partial charge >= 0.3 is 29.6 Å². The van der Waals surface area contributed by atoms with Crippen molar-refractivity contribution in [2.75, 3.05) is 0 Å². The van der Waals surface area contributed by atoms with Crippen LogP contribution in [0.4, 0.5) is 0 Å². The van der Waals surface area contributed by atoms with E-state index in [1.54, 1.807) is 18.2 Å². The summed E-state index contributed by atoms with van der Waals surface area (Å²) in [4.78, 5) is 10.4. The number of hydrogen-bond donors (Lipinski definition) is 0. The average Bonchev–Trinajstić information content (AvgIpc) is 2.04. The SMILES string of the molecule is C=Cc1ccccc1C(=O)[O-].[Na+]. The van der Waals surface area contributed by atoms with Crippen LogP contribution in [0.2, 0.25) is 0 Å². The Morgan fingerprint density at radius 2 is 2.00 bits per heavy atom. The van der Waals surface area contributed by atoms with Crippen LogP contribution in [0.25, 0.3) is 6.08 Å². The van der Waals surface area contributed by atoms with E-state index in [9.17, 15) is 9.90 Å². The molecule has 0 radical (unpaired) electrons. The Labute approximate surface area is 93.2 Å². The maximum absolute atomic E-state index is 10.4. The van der Waals surface area contributed by atoms with Gasteiger partial charge in [0, 0.05) is 5.56 Å². The monoisotopic (exact) mass is 170 g/mol. The van der Waals surface area contributed by atoms with Crippen LogP contribution >= 0.6 is 0 Å². The number of rotatable bonds is 2.